The zero-order chi connectivity index (χ0) is 34.1. The summed E-state index contributed by atoms with van der Waals surface area (Å²) in [7, 11) is 0. The fourth-order valence-corrected chi connectivity index (χ4v) is 6.06. The SMILES string of the molecule is CCc1nn(C(C)C(=O)N(CCN(CC)CC)Cc2ccc(-c3ccc(C(F)(F)F)cc3)cc2)c(SCc2ccccc2F)nc1=O. The van der Waals surface area contributed by atoms with Crippen LogP contribution in [0.1, 0.15) is 56.1 Å². The molecule has 250 valence electrons. The van der Waals surface area contributed by atoms with E-state index >= 15 is 0 Å². The Bertz CT molecular complexity index is 1690. The predicted molar refractivity (Wildman–Crippen MR) is 176 cm³/mol. The Hall–Kier alpha value is -4.03. The van der Waals surface area contributed by atoms with Crippen molar-refractivity contribution in [1.82, 2.24) is 24.6 Å². The first-order valence-corrected chi connectivity index (χ1v) is 16.6. The summed E-state index contributed by atoms with van der Waals surface area (Å²) in [6, 6.07) is 17.9. The molecule has 0 fully saturated rings. The molecule has 1 unspecified atom stereocenters. The van der Waals surface area contributed by atoms with Crippen molar-refractivity contribution >= 4 is 17.7 Å². The standard InChI is InChI=1S/C35H39F4N5O2S/c1-5-31-32(45)40-34(47-23-28-10-8-9-11-30(28)36)44(41-31)24(4)33(46)43(21-20-42(6-2)7-3)22-25-12-14-26(15-13-25)27-16-18-29(19-17-27)35(37,38)39/h8-19,24H,5-7,20-23H2,1-4H3. The number of amides is 1. The highest BCUT2D eigenvalue weighted by molar-refractivity contribution is 7.98. The molecule has 47 heavy (non-hydrogen) atoms. The maximum atomic E-state index is 14.4. The molecule has 1 atom stereocenters. The predicted octanol–water partition coefficient (Wildman–Crippen LogP) is 7.25. The summed E-state index contributed by atoms with van der Waals surface area (Å²) in [6.07, 6.45) is -4.07. The number of nitrogens with zero attached hydrogens (tertiary/aromatic N) is 5. The van der Waals surface area contributed by atoms with E-state index in [4.69, 9.17) is 0 Å². The van der Waals surface area contributed by atoms with Crippen molar-refractivity contribution in [2.24, 2.45) is 0 Å². The molecule has 4 aromatic rings. The number of hydrogen-bond acceptors (Lipinski definition) is 6. The fourth-order valence-electron chi connectivity index (χ4n) is 5.06. The first-order valence-electron chi connectivity index (χ1n) is 15.6. The van der Waals surface area contributed by atoms with E-state index in [-0.39, 0.29) is 34.9 Å². The highest BCUT2D eigenvalue weighted by Crippen LogP contribution is 2.31. The monoisotopic (exact) mass is 669 g/mol. The molecule has 0 bridgehead atoms. The maximum absolute atomic E-state index is 14.4. The van der Waals surface area contributed by atoms with Crippen LogP contribution < -0.4 is 5.56 Å². The lowest BCUT2D eigenvalue weighted by molar-refractivity contribution is -0.137. The molecule has 0 saturated heterocycles. The minimum Gasteiger partial charge on any atom is -0.335 e. The number of alkyl halides is 3. The molecule has 7 nitrogen and oxygen atoms in total. The van der Waals surface area contributed by atoms with E-state index in [1.807, 2.05) is 24.3 Å². The third-order valence-corrected chi connectivity index (χ3v) is 9.00. The van der Waals surface area contributed by atoms with Gasteiger partial charge in [-0.05, 0) is 66.9 Å². The third kappa shape index (κ3) is 9.29. The number of aromatic nitrogens is 3. The molecule has 0 saturated carbocycles. The molecule has 0 aliphatic heterocycles. The van der Waals surface area contributed by atoms with E-state index in [1.165, 1.54) is 22.9 Å². The number of carbonyl (C=O) groups excluding carboxylic acids is 1. The van der Waals surface area contributed by atoms with Gasteiger partial charge in [-0.25, -0.2) is 9.07 Å². The lowest BCUT2D eigenvalue weighted by Crippen LogP contribution is -2.42. The summed E-state index contributed by atoms with van der Waals surface area (Å²) in [4.78, 5) is 35.1. The third-order valence-electron chi connectivity index (χ3n) is 8.01. The van der Waals surface area contributed by atoms with Crippen LogP contribution in [0.4, 0.5) is 17.6 Å². The summed E-state index contributed by atoms with van der Waals surface area (Å²) >= 11 is 1.14. The van der Waals surface area contributed by atoms with Crippen LogP contribution in [0, 0.1) is 5.82 Å². The molecule has 1 amide bonds. The Morgan fingerprint density at radius 3 is 2.11 bits per heavy atom. The number of rotatable bonds is 14. The number of likely N-dealkylation sites (N-methyl/N-ethyl adjacent to an activating group) is 1. The molecule has 0 radical (unpaired) electrons. The minimum atomic E-state index is -4.40. The van der Waals surface area contributed by atoms with E-state index in [9.17, 15) is 27.2 Å². The van der Waals surface area contributed by atoms with E-state index in [0.29, 0.717) is 30.6 Å². The molecular formula is C35H39F4N5O2S. The van der Waals surface area contributed by atoms with Gasteiger partial charge >= 0.3 is 6.18 Å². The average molecular weight is 670 g/mol. The quantitative estimate of drug-likeness (QED) is 0.104. The smallest absolute Gasteiger partial charge is 0.335 e. The fraction of sp³-hybridized carbons (Fsp3) is 0.371. The van der Waals surface area contributed by atoms with Crippen LogP contribution in [-0.2, 0) is 29.7 Å². The number of thioether (sulfide) groups is 1. The number of hydrogen-bond donors (Lipinski definition) is 0. The van der Waals surface area contributed by atoms with E-state index in [2.05, 4.69) is 28.8 Å². The van der Waals surface area contributed by atoms with Crippen molar-refractivity contribution in [2.75, 3.05) is 26.2 Å². The lowest BCUT2D eigenvalue weighted by atomic mass is 10.0. The van der Waals surface area contributed by atoms with Gasteiger partial charge in [-0.3, -0.25) is 9.59 Å². The van der Waals surface area contributed by atoms with E-state index < -0.39 is 23.3 Å². The van der Waals surface area contributed by atoms with Gasteiger partial charge in [0.05, 0.1) is 5.56 Å². The molecule has 3 aromatic carbocycles. The second-order valence-electron chi connectivity index (χ2n) is 11.1. The van der Waals surface area contributed by atoms with Gasteiger partial charge in [-0.15, -0.1) is 0 Å². The molecule has 0 aliphatic rings. The largest absolute Gasteiger partial charge is 0.416 e. The van der Waals surface area contributed by atoms with Crippen LogP contribution in [-0.4, -0.2) is 56.7 Å². The summed E-state index contributed by atoms with van der Waals surface area (Å²) in [5.41, 5.74) is 1.73. The molecule has 1 heterocycles. The molecule has 1 aromatic heterocycles. The Morgan fingerprint density at radius 1 is 0.915 bits per heavy atom. The Morgan fingerprint density at radius 2 is 1.53 bits per heavy atom. The van der Waals surface area contributed by atoms with E-state index in [0.717, 1.165) is 48.1 Å². The zero-order valence-electron chi connectivity index (χ0n) is 26.9. The van der Waals surface area contributed by atoms with Gasteiger partial charge in [0, 0.05) is 25.4 Å². The van der Waals surface area contributed by atoms with Crippen LogP contribution in [0.15, 0.2) is 82.7 Å². The van der Waals surface area contributed by atoms with Crippen LogP contribution in [0.5, 0.6) is 0 Å². The zero-order valence-corrected chi connectivity index (χ0v) is 27.7. The van der Waals surface area contributed by atoms with Crippen LogP contribution in [0.3, 0.4) is 0 Å². The van der Waals surface area contributed by atoms with E-state index in [1.54, 1.807) is 36.9 Å². The molecule has 4 rings (SSSR count). The van der Waals surface area contributed by atoms with Gasteiger partial charge in [0.25, 0.3) is 5.56 Å². The molecule has 0 spiro atoms. The first-order chi connectivity index (χ1) is 22.4. The number of benzene rings is 3. The molecule has 0 N–H and O–H groups in total. The second-order valence-corrected chi connectivity index (χ2v) is 12.0. The topological polar surface area (TPSA) is 71.3 Å². The minimum absolute atomic E-state index is 0.199. The highest BCUT2D eigenvalue weighted by Gasteiger charge is 2.30. The Labute approximate surface area is 276 Å². The Balaban J connectivity index is 1.60. The normalized spacial score (nSPS) is 12.4. The summed E-state index contributed by atoms with van der Waals surface area (Å²) < 4.78 is 54.9. The second kappa shape index (κ2) is 16.2. The first kappa shape index (κ1) is 35.8. The average Bonchev–Trinajstić information content (AvgIpc) is 3.07. The van der Waals surface area contributed by atoms with Gasteiger partial charge in [-0.1, -0.05) is 87.1 Å². The van der Waals surface area contributed by atoms with Gasteiger partial charge in [-0.2, -0.15) is 23.3 Å². The van der Waals surface area contributed by atoms with Crippen LogP contribution in [0.25, 0.3) is 11.1 Å². The summed E-state index contributed by atoms with van der Waals surface area (Å²) in [6.45, 7) is 10.6. The van der Waals surface area contributed by atoms with Crippen LogP contribution >= 0.6 is 11.8 Å². The van der Waals surface area contributed by atoms with Crippen molar-refractivity contribution in [3.63, 3.8) is 0 Å². The van der Waals surface area contributed by atoms with Crippen LogP contribution in [0.2, 0.25) is 0 Å². The number of aryl methyl sites for hydroxylation is 1. The highest BCUT2D eigenvalue weighted by atomic mass is 32.2. The number of carbonyl (C=O) groups is 1. The Kier molecular flexibility index (Phi) is 12.3. The van der Waals surface area contributed by atoms with Crippen molar-refractivity contribution in [2.45, 2.75) is 63.8 Å². The summed E-state index contributed by atoms with van der Waals surface area (Å²) in [5, 5.41) is 4.75. The maximum Gasteiger partial charge on any atom is 0.416 e. The molecule has 0 aliphatic carbocycles. The van der Waals surface area contributed by atoms with Gasteiger partial charge in [0.15, 0.2) is 5.16 Å². The molecular weight excluding hydrogens is 630 g/mol. The van der Waals surface area contributed by atoms with Crippen molar-refractivity contribution in [3.05, 3.63) is 111 Å². The summed E-state index contributed by atoms with van der Waals surface area (Å²) in [5.74, 6) is -0.399. The van der Waals surface area contributed by atoms with Crippen molar-refractivity contribution < 1.29 is 22.4 Å². The molecule has 12 heteroatoms. The van der Waals surface area contributed by atoms with Gasteiger partial charge in [0.1, 0.15) is 17.6 Å². The van der Waals surface area contributed by atoms with Gasteiger partial charge < -0.3 is 9.80 Å². The number of halogens is 4. The van der Waals surface area contributed by atoms with Gasteiger partial charge in [0.2, 0.25) is 5.91 Å². The lowest BCUT2D eigenvalue weighted by Gasteiger charge is -2.30. The van der Waals surface area contributed by atoms with Crippen molar-refractivity contribution in [1.29, 1.82) is 0 Å². The van der Waals surface area contributed by atoms with Crippen molar-refractivity contribution in [3.8, 4) is 11.1 Å².